The number of hydrogen-bond donors (Lipinski definition) is 0. The van der Waals surface area contributed by atoms with Gasteiger partial charge in [-0.05, 0) is 48.4 Å². The lowest BCUT2D eigenvalue weighted by molar-refractivity contribution is -0.660. The van der Waals surface area contributed by atoms with Crippen molar-refractivity contribution >= 4 is 53.4 Å². The van der Waals surface area contributed by atoms with Crippen LogP contribution in [0.5, 0.6) is 0 Å². The van der Waals surface area contributed by atoms with E-state index in [1.165, 1.54) is 20.2 Å². The lowest BCUT2D eigenvalue weighted by Gasteiger charge is -2.06. The van der Waals surface area contributed by atoms with E-state index < -0.39 is 0 Å². The SMILES string of the molecule is Cc1ccc2c(oc3c(-c4ccc5c(c4)sc4ccccc45)c(C#N)ccc32)c1-c1cccc[n+]1C. The van der Waals surface area contributed by atoms with Crippen LogP contribution in [0.25, 0.3) is 64.5 Å². The summed E-state index contributed by atoms with van der Waals surface area (Å²) in [4.78, 5) is 0. The molecule has 0 N–H and O–H groups in total. The zero-order chi connectivity index (χ0) is 24.4. The molecule has 0 saturated heterocycles. The van der Waals surface area contributed by atoms with E-state index in [2.05, 4.69) is 97.5 Å². The predicted molar refractivity (Wildman–Crippen MR) is 148 cm³/mol. The van der Waals surface area contributed by atoms with Crippen molar-refractivity contribution in [3.8, 4) is 28.5 Å². The van der Waals surface area contributed by atoms with Gasteiger partial charge in [-0.3, -0.25) is 0 Å². The van der Waals surface area contributed by atoms with Crippen LogP contribution in [0.4, 0.5) is 0 Å². The van der Waals surface area contributed by atoms with Crippen LogP contribution >= 0.6 is 11.3 Å². The standard InChI is InChI=1S/C32H21N2OS/c1-19-10-13-24-25-15-12-21(18-33)30(32(25)35-31(24)29(19)26-8-5-6-16-34(26)2)20-11-14-23-22-7-3-4-9-27(22)36-28(23)17-20/h3-17H,1-2H3/q+1. The summed E-state index contributed by atoms with van der Waals surface area (Å²) in [6.45, 7) is 2.12. The largest absolute Gasteiger partial charge is 0.454 e. The van der Waals surface area contributed by atoms with E-state index in [0.29, 0.717) is 5.56 Å². The number of thiophene rings is 1. The molecule has 0 aliphatic carbocycles. The number of aryl methyl sites for hydroxylation is 2. The number of nitriles is 1. The van der Waals surface area contributed by atoms with Crippen LogP contribution in [0.2, 0.25) is 0 Å². The molecular formula is C32H21N2OS+. The fourth-order valence-electron chi connectivity index (χ4n) is 5.36. The Morgan fingerprint density at radius 2 is 1.47 bits per heavy atom. The zero-order valence-electron chi connectivity index (χ0n) is 19.9. The van der Waals surface area contributed by atoms with Gasteiger partial charge in [0.05, 0.1) is 17.2 Å². The smallest absolute Gasteiger partial charge is 0.216 e. The predicted octanol–water partition coefficient (Wildman–Crippen LogP) is 8.29. The molecule has 4 heteroatoms. The second-order valence-electron chi connectivity index (χ2n) is 9.22. The lowest BCUT2D eigenvalue weighted by atomic mass is 9.95. The molecule has 7 aromatic rings. The molecule has 0 aliphatic heterocycles. The van der Waals surface area contributed by atoms with Crippen molar-refractivity contribution in [2.45, 2.75) is 6.92 Å². The summed E-state index contributed by atoms with van der Waals surface area (Å²) in [6, 6.07) is 31.8. The second-order valence-corrected chi connectivity index (χ2v) is 10.3. The van der Waals surface area contributed by atoms with Gasteiger partial charge in [-0.15, -0.1) is 11.3 Å². The molecule has 0 unspecified atom stereocenters. The van der Waals surface area contributed by atoms with E-state index >= 15 is 0 Å². The Balaban J connectivity index is 1.56. The van der Waals surface area contributed by atoms with Crippen LogP contribution in [0.15, 0.2) is 95.5 Å². The van der Waals surface area contributed by atoms with Gasteiger partial charge in [0.15, 0.2) is 6.20 Å². The van der Waals surface area contributed by atoms with Gasteiger partial charge in [-0.1, -0.05) is 42.5 Å². The highest BCUT2D eigenvalue weighted by Crippen LogP contribution is 2.43. The monoisotopic (exact) mass is 481 g/mol. The summed E-state index contributed by atoms with van der Waals surface area (Å²) in [5, 5.41) is 14.7. The first kappa shape index (κ1) is 20.9. The Labute approximate surface area is 212 Å². The molecule has 0 aliphatic rings. The zero-order valence-corrected chi connectivity index (χ0v) is 20.7. The number of pyridine rings is 1. The summed E-state index contributed by atoms with van der Waals surface area (Å²) in [5.74, 6) is 0. The average molecular weight is 482 g/mol. The number of hydrogen-bond acceptors (Lipinski definition) is 3. The quantitative estimate of drug-likeness (QED) is 0.233. The van der Waals surface area contributed by atoms with Crippen LogP contribution in [-0.4, -0.2) is 0 Å². The van der Waals surface area contributed by atoms with Gasteiger partial charge in [0.2, 0.25) is 5.69 Å². The Bertz CT molecular complexity index is 2040. The molecule has 0 saturated carbocycles. The molecule has 0 fully saturated rings. The van der Waals surface area contributed by atoms with Gasteiger partial charge in [0.25, 0.3) is 0 Å². The number of furan rings is 1. The minimum absolute atomic E-state index is 0.616. The molecule has 0 amide bonds. The van der Waals surface area contributed by atoms with E-state index in [1.54, 1.807) is 11.3 Å². The molecule has 7 rings (SSSR count). The molecule has 0 spiro atoms. The highest BCUT2D eigenvalue weighted by atomic mass is 32.1. The molecule has 36 heavy (non-hydrogen) atoms. The lowest BCUT2D eigenvalue weighted by Crippen LogP contribution is -2.30. The van der Waals surface area contributed by atoms with Crippen molar-refractivity contribution in [3.05, 3.63) is 102 Å². The molecule has 3 nitrogen and oxygen atoms in total. The average Bonchev–Trinajstić information content (AvgIpc) is 3.46. The van der Waals surface area contributed by atoms with Crippen LogP contribution in [-0.2, 0) is 7.05 Å². The Morgan fingerprint density at radius 1 is 0.750 bits per heavy atom. The van der Waals surface area contributed by atoms with E-state index in [4.69, 9.17) is 4.42 Å². The maximum Gasteiger partial charge on any atom is 0.216 e. The maximum atomic E-state index is 10.1. The van der Waals surface area contributed by atoms with Crippen molar-refractivity contribution in [1.29, 1.82) is 5.26 Å². The van der Waals surface area contributed by atoms with Crippen LogP contribution in [0, 0.1) is 18.3 Å². The minimum Gasteiger partial charge on any atom is -0.454 e. The van der Waals surface area contributed by atoms with E-state index in [1.807, 2.05) is 18.2 Å². The third-order valence-electron chi connectivity index (χ3n) is 7.12. The Kier molecular flexibility index (Phi) is 4.51. The van der Waals surface area contributed by atoms with Gasteiger partial charge < -0.3 is 4.42 Å². The fraction of sp³-hybridized carbons (Fsp3) is 0.0625. The van der Waals surface area contributed by atoms with Crippen LogP contribution in [0.3, 0.4) is 0 Å². The first-order valence-electron chi connectivity index (χ1n) is 11.9. The number of benzene rings is 4. The van der Waals surface area contributed by atoms with Crippen molar-refractivity contribution in [2.24, 2.45) is 7.05 Å². The highest BCUT2D eigenvalue weighted by Gasteiger charge is 2.23. The van der Waals surface area contributed by atoms with E-state index in [-0.39, 0.29) is 0 Å². The first-order chi connectivity index (χ1) is 17.6. The topological polar surface area (TPSA) is 40.8 Å². The summed E-state index contributed by atoms with van der Waals surface area (Å²) in [6.07, 6.45) is 2.05. The fourth-order valence-corrected chi connectivity index (χ4v) is 6.51. The normalized spacial score (nSPS) is 11.6. The van der Waals surface area contributed by atoms with Gasteiger partial charge in [0.1, 0.15) is 18.2 Å². The molecule has 0 bridgehead atoms. The molecule has 3 aromatic heterocycles. The molecular weight excluding hydrogens is 460 g/mol. The molecule has 0 atom stereocenters. The van der Waals surface area contributed by atoms with Crippen LogP contribution < -0.4 is 4.57 Å². The molecule has 4 aromatic carbocycles. The summed E-state index contributed by atoms with van der Waals surface area (Å²) < 4.78 is 11.3. The minimum atomic E-state index is 0.616. The number of aromatic nitrogens is 1. The van der Waals surface area contributed by atoms with Crippen molar-refractivity contribution in [2.75, 3.05) is 0 Å². The third kappa shape index (κ3) is 2.94. The van der Waals surface area contributed by atoms with Crippen molar-refractivity contribution in [3.63, 3.8) is 0 Å². The highest BCUT2D eigenvalue weighted by molar-refractivity contribution is 7.25. The second kappa shape index (κ2) is 7.78. The maximum absolute atomic E-state index is 10.1. The number of fused-ring (bicyclic) bond motifs is 6. The number of rotatable bonds is 2. The Morgan fingerprint density at radius 3 is 2.31 bits per heavy atom. The van der Waals surface area contributed by atoms with Gasteiger partial charge >= 0.3 is 0 Å². The summed E-state index contributed by atoms with van der Waals surface area (Å²) in [5.41, 5.74) is 7.40. The van der Waals surface area contributed by atoms with Gasteiger partial charge in [0, 0.05) is 48.6 Å². The van der Waals surface area contributed by atoms with Crippen molar-refractivity contribution in [1.82, 2.24) is 0 Å². The molecule has 0 radical (unpaired) electrons. The van der Waals surface area contributed by atoms with Crippen LogP contribution in [0.1, 0.15) is 11.1 Å². The van der Waals surface area contributed by atoms with Gasteiger partial charge in [-0.2, -0.15) is 5.26 Å². The van der Waals surface area contributed by atoms with Gasteiger partial charge in [-0.25, -0.2) is 4.57 Å². The Hall–Kier alpha value is -4.46. The third-order valence-corrected chi connectivity index (χ3v) is 8.25. The van der Waals surface area contributed by atoms with Crippen molar-refractivity contribution < 1.29 is 8.98 Å². The first-order valence-corrected chi connectivity index (χ1v) is 12.7. The number of nitrogens with zero attached hydrogens (tertiary/aromatic N) is 2. The molecule has 3 heterocycles. The summed E-state index contributed by atoms with van der Waals surface area (Å²) in [7, 11) is 2.05. The van der Waals surface area contributed by atoms with E-state index in [9.17, 15) is 5.26 Å². The van der Waals surface area contributed by atoms with E-state index in [0.717, 1.165) is 49.9 Å². The summed E-state index contributed by atoms with van der Waals surface area (Å²) >= 11 is 1.78. The molecule has 170 valence electrons.